The molecule has 10 rings (SSSR count). The first-order valence-corrected chi connectivity index (χ1v) is 18.4. The van der Waals surface area contributed by atoms with Crippen molar-refractivity contribution in [2.45, 2.75) is 0 Å². The molecule has 0 aliphatic carbocycles. The highest BCUT2D eigenvalue weighted by Crippen LogP contribution is 2.47. The first kappa shape index (κ1) is 31.6. The van der Waals surface area contributed by atoms with E-state index >= 15 is 0 Å². The Bertz CT molecular complexity index is 2920. The van der Waals surface area contributed by atoms with Crippen LogP contribution in [0, 0.1) is 0 Å². The summed E-state index contributed by atoms with van der Waals surface area (Å²) >= 11 is 0. The Balaban J connectivity index is 1.20. The number of nitrogens with zero attached hydrogens (tertiary/aromatic N) is 1. The standard InChI is InChI=1S/C52H35NO/c1-3-15-37(16-4-1)44-20-9-11-23-48(44)53(43-31-28-39(29-32-43)46-22-13-25-51-52(46)47-21-10-12-24-50(47)54-51)49-35-42(30-33-45(49)38-17-5-2-6-18-38)41-27-26-36-14-7-8-19-40(36)34-41/h1-35H. The Labute approximate surface area is 314 Å². The highest BCUT2D eigenvalue weighted by atomic mass is 16.3. The van der Waals surface area contributed by atoms with Crippen LogP contribution in [0.3, 0.4) is 0 Å². The van der Waals surface area contributed by atoms with Gasteiger partial charge in [-0.15, -0.1) is 0 Å². The maximum atomic E-state index is 6.27. The van der Waals surface area contributed by atoms with Crippen molar-refractivity contribution in [1.29, 1.82) is 0 Å². The van der Waals surface area contributed by atoms with Gasteiger partial charge in [0.1, 0.15) is 11.2 Å². The summed E-state index contributed by atoms with van der Waals surface area (Å²) in [6.07, 6.45) is 0. The van der Waals surface area contributed by atoms with Crippen LogP contribution in [-0.2, 0) is 0 Å². The number of rotatable bonds is 7. The fourth-order valence-corrected chi connectivity index (χ4v) is 7.87. The molecule has 1 aromatic heterocycles. The summed E-state index contributed by atoms with van der Waals surface area (Å²) in [7, 11) is 0. The predicted octanol–water partition coefficient (Wildman–Crippen LogP) is 14.9. The average Bonchev–Trinajstić information content (AvgIpc) is 3.64. The van der Waals surface area contributed by atoms with Crippen molar-refractivity contribution in [2.24, 2.45) is 0 Å². The van der Waals surface area contributed by atoms with Gasteiger partial charge in [-0.2, -0.15) is 0 Å². The van der Waals surface area contributed by atoms with Crippen molar-refractivity contribution in [3.05, 3.63) is 212 Å². The lowest BCUT2D eigenvalue weighted by Gasteiger charge is -2.30. The molecule has 0 aliphatic rings. The van der Waals surface area contributed by atoms with Crippen LogP contribution >= 0.6 is 0 Å². The first-order chi connectivity index (χ1) is 26.8. The van der Waals surface area contributed by atoms with Crippen LogP contribution in [0.25, 0.3) is 77.2 Å². The van der Waals surface area contributed by atoms with E-state index in [4.69, 9.17) is 4.42 Å². The third-order valence-corrected chi connectivity index (χ3v) is 10.5. The quantitative estimate of drug-likeness (QED) is 0.166. The SMILES string of the molecule is c1ccc(-c2ccccc2N(c2ccc(-c3cccc4oc5ccccc5c34)cc2)c2cc(-c3ccc4ccccc4c3)ccc2-c2ccccc2)cc1. The van der Waals surface area contributed by atoms with Crippen LogP contribution in [0.5, 0.6) is 0 Å². The Kier molecular flexibility index (Phi) is 7.85. The molecule has 0 bridgehead atoms. The normalized spacial score (nSPS) is 11.3. The van der Waals surface area contributed by atoms with Crippen molar-refractivity contribution in [1.82, 2.24) is 0 Å². The fraction of sp³-hybridized carbons (Fsp3) is 0. The molecule has 0 amide bonds. The molecule has 0 fully saturated rings. The van der Waals surface area contributed by atoms with Crippen molar-refractivity contribution in [3.8, 4) is 44.5 Å². The van der Waals surface area contributed by atoms with Crippen LogP contribution in [-0.4, -0.2) is 0 Å². The lowest BCUT2D eigenvalue weighted by atomic mass is 9.94. The molecule has 0 atom stereocenters. The Morgan fingerprint density at radius 2 is 0.870 bits per heavy atom. The second-order valence-corrected chi connectivity index (χ2v) is 13.7. The summed E-state index contributed by atoms with van der Waals surface area (Å²) in [5.74, 6) is 0. The summed E-state index contributed by atoms with van der Waals surface area (Å²) in [5.41, 5.74) is 14.4. The average molecular weight is 690 g/mol. The third-order valence-electron chi connectivity index (χ3n) is 10.5. The second kappa shape index (κ2) is 13.4. The van der Waals surface area contributed by atoms with Crippen LogP contribution in [0.15, 0.2) is 217 Å². The molecule has 2 heteroatoms. The van der Waals surface area contributed by atoms with Gasteiger partial charge in [-0.05, 0) is 86.6 Å². The van der Waals surface area contributed by atoms with E-state index in [2.05, 4.69) is 205 Å². The minimum Gasteiger partial charge on any atom is -0.456 e. The minimum atomic E-state index is 0.897. The lowest BCUT2D eigenvalue weighted by molar-refractivity contribution is 0.669. The van der Waals surface area contributed by atoms with Gasteiger partial charge in [0.2, 0.25) is 0 Å². The number of hydrogen-bond acceptors (Lipinski definition) is 2. The van der Waals surface area contributed by atoms with Gasteiger partial charge in [-0.25, -0.2) is 0 Å². The molecule has 254 valence electrons. The van der Waals surface area contributed by atoms with Crippen molar-refractivity contribution in [3.63, 3.8) is 0 Å². The molecule has 10 aromatic rings. The fourth-order valence-electron chi connectivity index (χ4n) is 7.87. The zero-order valence-electron chi connectivity index (χ0n) is 29.6. The topological polar surface area (TPSA) is 16.4 Å². The highest BCUT2D eigenvalue weighted by Gasteiger charge is 2.22. The smallest absolute Gasteiger partial charge is 0.136 e. The van der Waals surface area contributed by atoms with Crippen molar-refractivity contribution >= 4 is 49.8 Å². The monoisotopic (exact) mass is 689 g/mol. The van der Waals surface area contributed by atoms with Crippen LogP contribution < -0.4 is 4.90 Å². The summed E-state index contributed by atoms with van der Waals surface area (Å²) in [6, 6.07) is 76.0. The highest BCUT2D eigenvalue weighted by molar-refractivity contribution is 6.12. The van der Waals surface area contributed by atoms with Crippen molar-refractivity contribution in [2.75, 3.05) is 4.90 Å². The van der Waals surface area contributed by atoms with E-state index in [1.807, 2.05) is 12.1 Å². The molecular formula is C52H35NO. The summed E-state index contributed by atoms with van der Waals surface area (Å²) in [5, 5.41) is 4.73. The van der Waals surface area contributed by atoms with E-state index in [-0.39, 0.29) is 0 Å². The maximum absolute atomic E-state index is 6.27. The van der Waals surface area contributed by atoms with Gasteiger partial charge >= 0.3 is 0 Å². The molecule has 54 heavy (non-hydrogen) atoms. The maximum Gasteiger partial charge on any atom is 0.136 e. The van der Waals surface area contributed by atoms with Crippen LogP contribution in [0.4, 0.5) is 17.1 Å². The van der Waals surface area contributed by atoms with Gasteiger partial charge < -0.3 is 9.32 Å². The summed E-state index contributed by atoms with van der Waals surface area (Å²) < 4.78 is 6.27. The molecule has 0 N–H and O–H groups in total. The molecule has 0 saturated carbocycles. The van der Waals surface area contributed by atoms with E-state index in [0.717, 1.165) is 72.4 Å². The zero-order valence-corrected chi connectivity index (χ0v) is 29.6. The summed E-state index contributed by atoms with van der Waals surface area (Å²) in [6.45, 7) is 0. The molecule has 9 aromatic carbocycles. The molecule has 0 radical (unpaired) electrons. The van der Waals surface area contributed by atoms with Gasteiger partial charge in [0, 0.05) is 27.6 Å². The third kappa shape index (κ3) is 5.62. The van der Waals surface area contributed by atoms with Crippen LogP contribution in [0.2, 0.25) is 0 Å². The van der Waals surface area contributed by atoms with Crippen LogP contribution in [0.1, 0.15) is 0 Å². The number of para-hydroxylation sites is 2. The Morgan fingerprint density at radius 1 is 0.315 bits per heavy atom. The van der Waals surface area contributed by atoms with Gasteiger partial charge in [0.05, 0.1) is 11.4 Å². The molecule has 0 saturated heterocycles. The van der Waals surface area contributed by atoms with Gasteiger partial charge in [-0.3, -0.25) is 0 Å². The van der Waals surface area contributed by atoms with Gasteiger partial charge in [-0.1, -0.05) is 170 Å². The van der Waals surface area contributed by atoms with E-state index in [1.54, 1.807) is 0 Å². The zero-order chi connectivity index (χ0) is 35.8. The largest absolute Gasteiger partial charge is 0.456 e. The number of benzene rings is 9. The first-order valence-electron chi connectivity index (χ1n) is 18.4. The molecule has 0 spiro atoms. The molecule has 0 unspecified atom stereocenters. The van der Waals surface area contributed by atoms with E-state index < -0.39 is 0 Å². The van der Waals surface area contributed by atoms with E-state index in [9.17, 15) is 0 Å². The minimum absolute atomic E-state index is 0.897. The lowest BCUT2D eigenvalue weighted by Crippen LogP contribution is -2.12. The molecule has 2 nitrogen and oxygen atoms in total. The summed E-state index contributed by atoms with van der Waals surface area (Å²) in [4.78, 5) is 2.44. The second-order valence-electron chi connectivity index (χ2n) is 13.7. The van der Waals surface area contributed by atoms with Gasteiger partial charge in [0.15, 0.2) is 0 Å². The Morgan fingerprint density at radius 3 is 1.67 bits per heavy atom. The number of anilines is 3. The number of furan rings is 1. The number of hydrogen-bond donors (Lipinski definition) is 0. The van der Waals surface area contributed by atoms with Crippen molar-refractivity contribution < 1.29 is 4.42 Å². The molecule has 0 aliphatic heterocycles. The molecular weight excluding hydrogens is 655 g/mol. The molecule has 1 heterocycles. The Hall–Kier alpha value is -7.16. The van der Waals surface area contributed by atoms with E-state index in [0.29, 0.717) is 0 Å². The van der Waals surface area contributed by atoms with E-state index in [1.165, 1.54) is 21.9 Å². The predicted molar refractivity (Wildman–Crippen MR) is 228 cm³/mol. The van der Waals surface area contributed by atoms with Gasteiger partial charge in [0.25, 0.3) is 0 Å². The number of fused-ring (bicyclic) bond motifs is 4.